The van der Waals surface area contributed by atoms with Crippen molar-refractivity contribution in [3.05, 3.63) is 59.9 Å². The van der Waals surface area contributed by atoms with Crippen molar-refractivity contribution in [3.8, 4) is 22.9 Å². The lowest BCUT2D eigenvalue weighted by Gasteiger charge is -2.32. The van der Waals surface area contributed by atoms with E-state index in [0.29, 0.717) is 29.7 Å². The molecule has 1 fully saturated rings. The first kappa shape index (κ1) is 20.9. The second kappa shape index (κ2) is 9.18. The minimum Gasteiger partial charge on any atom is -0.493 e. The van der Waals surface area contributed by atoms with Gasteiger partial charge < -0.3 is 19.5 Å². The first-order chi connectivity index (χ1) is 15.1. The lowest BCUT2D eigenvalue weighted by molar-refractivity contribution is -0.138. The lowest BCUT2D eigenvalue weighted by atomic mass is 9.98. The SMILES string of the molecule is CCCn1nc(-c2ccccc2)nc1[C@H]1OCC(=O)N[C@@H]1c1ccc(OC)c(OC)c1. The number of ether oxygens (including phenoxy) is 3. The molecule has 1 aliphatic rings. The Morgan fingerprint density at radius 1 is 1.13 bits per heavy atom. The zero-order valence-corrected chi connectivity index (χ0v) is 17.9. The van der Waals surface area contributed by atoms with E-state index in [2.05, 4.69) is 12.2 Å². The fourth-order valence-electron chi connectivity index (χ4n) is 3.73. The third-order valence-corrected chi connectivity index (χ3v) is 5.20. The zero-order chi connectivity index (χ0) is 21.8. The highest BCUT2D eigenvalue weighted by atomic mass is 16.5. The van der Waals surface area contributed by atoms with Gasteiger partial charge in [-0.3, -0.25) is 4.79 Å². The van der Waals surface area contributed by atoms with Crippen LogP contribution in [-0.4, -0.2) is 41.5 Å². The number of nitrogens with one attached hydrogen (secondary N) is 1. The summed E-state index contributed by atoms with van der Waals surface area (Å²) >= 11 is 0. The van der Waals surface area contributed by atoms with Crippen molar-refractivity contribution in [2.45, 2.75) is 32.0 Å². The van der Waals surface area contributed by atoms with Crippen LogP contribution in [-0.2, 0) is 16.1 Å². The van der Waals surface area contributed by atoms with E-state index in [1.807, 2.05) is 53.2 Å². The second-order valence-corrected chi connectivity index (χ2v) is 7.27. The maximum Gasteiger partial charge on any atom is 0.246 e. The molecule has 1 saturated heterocycles. The number of methoxy groups -OCH3 is 2. The maximum absolute atomic E-state index is 12.2. The highest BCUT2D eigenvalue weighted by Crippen LogP contribution is 2.38. The number of nitrogens with zero attached hydrogens (tertiary/aromatic N) is 3. The van der Waals surface area contributed by atoms with Crippen LogP contribution in [0.3, 0.4) is 0 Å². The van der Waals surface area contributed by atoms with Gasteiger partial charge >= 0.3 is 0 Å². The summed E-state index contributed by atoms with van der Waals surface area (Å²) in [5.41, 5.74) is 1.77. The zero-order valence-electron chi connectivity index (χ0n) is 17.9. The molecule has 162 valence electrons. The average molecular weight is 422 g/mol. The molecule has 0 radical (unpaired) electrons. The third kappa shape index (κ3) is 4.25. The highest BCUT2D eigenvalue weighted by Gasteiger charge is 2.36. The number of aromatic nitrogens is 3. The number of morpholine rings is 1. The molecule has 0 aliphatic carbocycles. The van der Waals surface area contributed by atoms with Crippen LogP contribution >= 0.6 is 0 Å². The number of hydrogen-bond acceptors (Lipinski definition) is 6. The molecule has 1 aliphatic heterocycles. The summed E-state index contributed by atoms with van der Waals surface area (Å²) in [5, 5.41) is 7.77. The Morgan fingerprint density at radius 2 is 1.90 bits per heavy atom. The molecule has 0 spiro atoms. The van der Waals surface area contributed by atoms with Crippen molar-refractivity contribution in [1.29, 1.82) is 0 Å². The van der Waals surface area contributed by atoms with Crippen LogP contribution in [0.5, 0.6) is 11.5 Å². The second-order valence-electron chi connectivity index (χ2n) is 7.27. The fraction of sp³-hybridized carbons (Fsp3) is 0.348. The summed E-state index contributed by atoms with van der Waals surface area (Å²) in [5.74, 6) is 2.34. The number of hydrogen-bond donors (Lipinski definition) is 1. The first-order valence-corrected chi connectivity index (χ1v) is 10.3. The number of benzene rings is 2. The molecule has 8 heteroatoms. The summed E-state index contributed by atoms with van der Waals surface area (Å²) in [6, 6.07) is 15.0. The number of rotatable bonds is 7. The molecule has 2 heterocycles. The standard InChI is InChI=1S/C23H26N4O4/c1-4-12-27-23(25-22(26-27)15-8-6-5-7-9-15)21-20(24-19(28)14-31-21)16-10-11-17(29-2)18(13-16)30-3/h5-11,13,20-21H,4,12,14H2,1-3H3,(H,24,28)/t20-,21+/m1/s1. The molecule has 0 saturated carbocycles. The predicted octanol–water partition coefficient (Wildman–Crippen LogP) is 3.30. The first-order valence-electron chi connectivity index (χ1n) is 10.3. The van der Waals surface area contributed by atoms with Crippen LogP contribution in [0.25, 0.3) is 11.4 Å². The van der Waals surface area contributed by atoms with Crippen molar-refractivity contribution >= 4 is 5.91 Å². The average Bonchev–Trinajstić information content (AvgIpc) is 3.23. The molecule has 4 rings (SSSR count). The topological polar surface area (TPSA) is 87.5 Å². The lowest BCUT2D eigenvalue weighted by Crippen LogP contribution is -2.42. The quantitative estimate of drug-likeness (QED) is 0.629. The number of aryl methyl sites for hydroxylation is 1. The van der Waals surface area contributed by atoms with E-state index in [-0.39, 0.29) is 12.5 Å². The normalized spacial score (nSPS) is 18.5. The molecule has 31 heavy (non-hydrogen) atoms. The largest absolute Gasteiger partial charge is 0.493 e. The number of carbonyl (C=O) groups is 1. The van der Waals surface area contributed by atoms with Gasteiger partial charge in [-0.1, -0.05) is 43.3 Å². The van der Waals surface area contributed by atoms with Gasteiger partial charge in [0.15, 0.2) is 23.1 Å². The van der Waals surface area contributed by atoms with Crippen LogP contribution in [0.4, 0.5) is 0 Å². The fourth-order valence-corrected chi connectivity index (χ4v) is 3.73. The molecule has 3 aromatic rings. The molecule has 1 N–H and O–H groups in total. The molecule has 1 aromatic heterocycles. The van der Waals surface area contributed by atoms with Gasteiger partial charge in [0, 0.05) is 12.1 Å². The van der Waals surface area contributed by atoms with Crippen LogP contribution in [0, 0.1) is 0 Å². The van der Waals surface area contributed by atoms with Crippen LogP contribution in [0.1, 0.15) is 36.9 Å². The molecule has 8 nitrogen and oxygen atoms in total. The van der Waals surface area contributed by atoms with Crippen molar-refractivity contribution in [1.82, 2.24) is 20.1 Å². The minimum atomic E-state index is -0.493. The van der Waals surface area contributed by atoms with Gasteiger partial charge in [-0.25, -0.2) is 9.67 Å². The Morgan fingerprint density at radius 3 is 2.61 bits per heavy atom. The molecular weight excluding hydrogens is 396 g/mol. The molecular formula is C23H26N4O4. The van der Waals surface area contributed by atoms with E-state index in [9.17, 15) is 4.79 Å². The Labute approximate surface area is 181 Å². The van der Waals surface area contributed by atoms with Crippen molar-refractivity contribution in [2.75, 3.05) is 20.8 Å². The van der Waals surface area contributed by atoms with Gasteiger partial charge in [-0.15, -0.1) is 0 Å². The highest BCUT2D eigenvalue weighted by molar-refractivity contribution is 5.78. The maximum atomic E-state index is 12.2. The summed E-state index contributed by atoms with van der Waals surface area (Å²) in [4.78, 5) is 17.0. The van der Waals surface area contributed by atoms with Gasteiger partial charge in [0.1, 0.15) is 12.7 Å². The van der Waals surface area contributed by atoms with Crippen LogP contribution in [0.15, 0.2) is 48.5 Å². The molecule has 1 amide bonds. The predicted molar refractivity (Wildman–Crippen MR) is 115 cm³/mol. The molecule has 0 unspecified atom stereocenters. The van der Waals surface area contributed by atoms with E-state index >= 15 is 0 Å². The third-order valence-electron chi connectivity index (χ3n) is 5.20. The van der Waals surface area contributed by atoms with Gasteiger partial charge in [0.2, 0.25) is 5.91 Å². The van der Waals surface area contributed by atoms with Crippen molar-refractivity contribution in [3.63, 3.8) is 0 Å². The van der Waals surface area contributed by atoms with Crippen molar-refractivity contribution < 1.29 is 19.0 Å². The minimum absolute atomic E-state index is 0.0336. The Bertz CT molecular complexity index is 1050. The Kier molecular flexibility index (Phi) is 6.18. The van der Waals surface area contributed by atoms with E-state index in [1.54, 1.807) is 14.2 Å². The van der Waals surface area contributed by atoms with E-state index in [0.717, 1.165) is 17.5 Å². The number of amides is 1. The molecule has 0 bridgehead atoms. The Hall–Kier alpha value is -3.39. The monoisotopic (exact) mass is 422 g/mol. The van der Waals surface area contributed by atoms with Gasteiger partial charge in [-0.2, -0.15) is 5.10 Å². The summed E-state index contributed by atoms with van der Waals surface area (Å²) < 4.78 is 18.7. The number of carbonyl (C=O) groups excluding carboxylic acids is 1. The summed E-state index contributed by atoms with van der Waals surface area (Å²) in [7, 11) is 3.17. The summed E-state index contributed by atoms with van der Waals surface area (Å²) in [6.07, 6.45) is 0.400. The molecule has 2 atom stereocenters. The Balaban J connectivity index is 1.76. The summed E-state index contributed by atoms with van der Waals surface area (Å²) in [6.45, 7) is 2.75. The van der Waals surface area contributed by atoms with Crippen LogP contribution in [0.2, 0.25) is 0 Å². The smallest absolute Gasteiger partial charge is 0.246 e. The van der Waals surface area contributed by atoms with Crippen molar-refractivity contribution in [2.24, 2.45) is 0 Å². The van der Waals surface area contributed by atoms with E-state index < -0.39 is 12.1 Å². The van der Waals surface area contributed by atoms with E-state index in [1.165, 1.54) is 0 Å². The molecule has 2 aromatic carbocycles. The van der Waals surface area contributed by atoms with E-state index in [4.69, 9.17) is 24.3 Å². The van der Waals surface area contributed by atoms with Gasteiger partial charge in [0.05, 0.1) is 20.3 Å². The van der Waals surface area contributed by atoms with Gasteiger partial charge in [0.25, 0.3) is 0 Å². The van der Waals surface area contributed by atoms with Crippen LogP contribution < -0.4 is 14.8 Å². The van der Waals surface area contributed by atoms with Gasteiger partial charge in [-0.05, 0) is 24.1 Å².